The average molecular weight is 217 g/mol. The van der Waals surface area contributed by atoms with E-state index in [-0.39, 0.29) is 0 Å². The summed E-state index contributed by atoms with van der Waals surface area (Å²) < 4.78 is 0. The van der Waals surface area contributed by atoms with Gasteiger partial charge in [-0.05, 0) is 30.9 Å². The molecule has 1 aliphatic rings. The van der Waals surface area contributed by atoms with Gasteiger partial charge in [-0.2, -0.15) is 0 Å². The molecule has 0 spiro atoms. The van der Waals surface area contributed by atoms with Crippen LogP contribution in [0.15, 0.2) is 30.3 Å². The summed E-state index contributed by atoms with van der Waals surface area (Å²) in [5, 5.41) is 3.56. The molecule has 1 heteroatoms. The third-order valence-electron chi connectivity index (χ3n) is 4.24. The lowest BCUT2D eigenvalue weighted by Gasteiger charge is -2.35. The Hall–Kier alpha value is -0.820. The molecule has 0 amide bonds. The Labute approximate surface area is 99.3 Å². The first kappa shape index (κ1) is 11.7. The van der Waals surface area contributed by atoms with E-state index in [1.165, 1.54) is 24.8 Å². The van der Waals surface area contributed by atoms with Crippen LogP contribution in [0.2, 0.25) is 0 Å². The van der Waals surface area contributed by atoms with E-state index in [9.17, 15) is 0 Å². The Morgan fingerprint density at radius 2 is 2.06 bits per heavy atom. The van der Waals surface area contributed by atoms with E-state index in [2.05, 4.69) is 49.5 Å². The SMILES string of the molecule is CCNCC1(c2ccccc2)CCCC1C. The van der Waals surface area contributed by atoms with Crippen LogP contribution in [0.4, 0.5) is 0 Å². The third-order valence-corrected chi connectivity index (χ3v) is 4.24. The monoisotopic (exact) mass is 217 g/mol. The van der Waals surface area contributed by atoms with Crippen LogP contribution in [-0.2, 0) is 5.41 Å². The molecule has 2 rings (SSSR count). The predicted molar refractivity (Wildman–Crippen MR) is 69.7 cm³/mol. The molecule has 0 aliphatic heterocycles. The smallest absolute Gasteiger partial charge is 0.0103 e. The lowest BCUT2D eigenvalue weighted by atomic mass is 9.73. The van der Waals surface area contributed by atoms with Gasteiger partial charge in [0.25, 0.3) is 0 Å². The van der Waals surface area contributed by atoms with Crippen molar-refractivity contribution >= 4 is 0 Å². The van der Waals surface area contributed by atoms with E-state index in [0.29, 0.717) is 5.41 Å². The van der Waals surface area contributed by atoms with E-state index in [4.69, 9.17) is 0 Å². The zero-order valence-corrected chi connectivity index (χ0v) is 10.5. The molecule has 88 valence electrons. The highest BCUT2D eigenvalue weighted by atomic mass is 14.9. The number of hydrogen-bond donors (Lipinski definition) is 1. The molecule has 2 unspecified atom stereocenters. The van der Waals surface area contributed by atoms with Gasteiger partial charge in [0.2, 0.25) is 0 Å². The van der Waals surface area contributed by atoms with Crippen LogP contribution < -0.4 is 5.32 Å². The number of hydrogen-bond acceptors (Lipinski definition) is 1. The lowest BCUT2D eigenvalue weighted by molar-refractivity contribution is 0.320. The van der Waals surface area contributed by atoms with Gasteiger partial charge in [-0.15, -0.1) is 0 Å². The second kappa shape index (κ2) is 5.01. The molecule has 1 N–H and O–H groups in total. The zero-order valence-electron chi connectivity index (χ0n) is 10.5. The van der Waals surface area contributed by atoms with E-state index in [1.807, 2.05) is 0 Å². The Morgan fingerprint density at radius 3 is 2.62 bits per heavy atom. The molecule has 0 saturated heterocycles. The summed E-state index contributed by atoms with van der Waals surface area (Å²) in [5.41, 5.74) is 1.91. The van der Waals surface area contributed by atoms with Crippen LogP contribution in [0.5, 0.6) is 0 Å². The molecular weight excluding hydrogens is 194 g/mol. The quantitative estimate of drug-likeness (QED) is 0.815. The number of benzene rings is 1. The van der Waals surface area contributed by atoms with Crippen molar-refractivity contribution in [3.05, 3.63) is 35.9 Å². The topological polar surface area (TPSA) is 12.0 Å². The van der Waals surface area contributed by atoms with Crippen LogP contribution in [0.3, 0.4) is 0 Å². The van der Waals surface area contributed by atoms with Crippen LogP contribution in [0, 0.1) is 5.92 Å². The van der Waals surface area contributed by atoms with Gasteiger partial charge < -0.3 is 5.32 Å². The van der Waals surface area contributed by atoms with Gasteiger partial charge in [0.15, 0.2) is 0 Å². The molecule has 1 nitrogen and oxygen atoms in total. The van der Waals surface area contributed by atoms with Crippen LogP contribution in [0.1, 0.15) is 38.7 Å². The van der Waals surface area contributed by atoms with Gasteiger partial charge in [-0.3, -0.25) is 0 Å². The van der Waals surface area contributed by atoms with E-state index in [0.717, 1.165) is 19.0 Å². The molecule has 0 aromatic heterocycles. The maximum Gasteiger partial charge on any atom is 0.0103 e. The average Bonchev–Trinajstić information content (AvgIpc) is 2.70. The second-order valence-electron chi connectivity index (χ2n) is 5.10. The molecule has 16 heavy (non-hydrogen) atoms. The fourth-order valence-electron chi connectivity index (χ4n) is 3.16. The van der Waals surface area contributed by atoms with Crippen LogP contribution >= 0.6 is 0 Å². The minimum absolute atomic E-state index is 0.386. The van der Waals surface area contributed by atoms with Crippen LogP contribution in [-0.4, -0.2) is 13.1 Å². The van der Waals surface area contributed by atoms with Gasteiger partial charge in [0.05, 0.1) is 0 Å². The normalized spacial score (nSPS) is 29.5. The number of likely N-dealkylation sites (N-methyl/N-ethyl adjacent to an activating group) is 1. The fraction of sp³-hybridized carbons (Fsp3) is 0.600. The first-order chi connectivity index (χ1) is 7.79. The highest BCUT2D eigenvalue weighted by molar-refractivity contribution is 5.28. The van der Waals surface area contributed by atoms with Crippen molar-refractivity contribution in [1.29, 1.82) is 0 Å². The highest BCUT2D eigenvalue weighted by Crippen LogP contribution is 2.44. The van der Waals surface area contributed by atoms with Gasteiger partial charge in [0.1, 0.15) is 0 Å². The third kappa shape index (κ3) is 2.01. The van der Waals surface area contributed by atoms with E-state index < -0.39 is 0 Å². The Balaban J connectivity index is 2.27. The van der Waals surface area contributed by atoms with Gasteiger partial charge in [-0.25, -0.2) is 0 Å². The van der Waals surface area contributed by atoms with Gasteiger partial charge in [0, 0.05) is 12.0 Å². The van der Waals surface area contributed by atoms with Gasteiger partial charge >= 0.3 is 0 Å². The molecule has 1 fully saturated rings. The zero-order chi connectivity index (χ0) is 11.4. The molecule has 0 radical (unpaired) electrons. The molecule has 2 atom stereocenters. The van der Waals surface area contributed by atoms with E-state index in [1.54, 1.807) is 0 Å². The Bertz CT molecular complexity index is 319. The Morgan fingerprint density at radius 1 is 1.31 bits per heavy atom. The summed E-state index contributed by atoms with van der Waals surface area (Å²) in [6.45, 7) is 6.81. The van der Waals surface area contributed by atoms with Crippen LogP contribution in [0.25, 0.3) is 0 Å². The molecule has 1 aromatic rings. The molecule has 0 heterocycles. The summed E-state index contributed by atoms with van der Waals surface area (Å²) in [7, 11) is 0. The number of nitrogens with one attached hydrogen (secondary N) is 1. The largest absolute Gasteiger partial charge is 0.316 e. The lowest BCUT2D eigenvalue weighted by Crippen LogP contribution is -2.40. The first-order valence-electron chi connectivity index (χ1n) is 6.56. The van der Waals surface area contributed by atoms with Gasteiger partial charge in [-0.1, -0.05) is 50.6 Å². The van der Waals surface area contributed by atoms with Crippen molar-refractivity contribution in [3.8, 4) is 0 Å². The fourth-order valence-corrected chi connectivity index (χ4v) is 3.16. The molecular formula is C15H23N. The van der Waals surface area contributed by atoms with Crippen molar-refractivity contribution in [3.63, 3.8) is 0 Å². The summed E-state index contributed by atoms with van der Waals surface area (Å²) in [6.07, 6.45) is 4.09. The number of rotatable bonds is 4. The summed E-state index contributed by atoms with van der Waals surface area (Å²) in [6, 6.07) is 11.1. The van der Waals surface area contributed by atoms with Crippen molar-refractivity contribution < 1.29 is 0 Å². The summed E-state index contributed by atoms with van der Waals surface area (Å²) >= 11 is 0. The minimum Gasteiger partial charge on any atom is -0.316 e. The predicted octanol–water partition coefficient (Wildman–Crippen LogP) is 3.35. The summed E-state index contributed by atoms with van der Waals surface area (Å²) in [5.74, 6) is 0.800. The Kier molecular flexibility index (Phi) is 3.65. The van der Waals surface area contributed by atoms with Crippen molar-refractivity contribution in [2.45, 2.75) is 38.5 Å². The summed E-state index contributed by atoms with van der Waals surface area (Å²) in [4.78, 5) is 0. The second-order valence-corrected chi connectivity index (χ2v) is 5.10. The standard InChI is InChI=1S/C15H23N/c1-3-16-12-15(11-7-8-13(15)2)14-9-5-4-6-10-14/h4-6,9-10,13,16H,3,7-8,11-12H2,1-2H3. The maximum atomic E-state index is 3.56. The first-order valence-corrected chi connectivity index (χ1v) is 6.56. The molecule has 1 saturated carbocycles. The molecule has 1 aliphatic carbocycles. The molecule has 1 aromatic carbocycles. The van der Waals surface area contributed by atoms with Crippen molar-refractivity contribution in [2.75, 3.05) is 13.1 Å². The minimum atomic E-state index is 0.386. The van der Waals surface area contributed by atoms with Crippen molar-refractivity contribution in [2.24, 2.45) is 5.92 Å². The van der Waals surface area contributed by atoms with Crippen molar-refractivity contribution in [1.82, 2.24) is 5.32 Å². The highest BCUT2D eigenvalue weighted by Gasteiger charge is 2.40. The molecule has 0 bridgehead atoms. The maximum absolute atomic E-state index is 3.56. The van der Waals surface area contributed by atoms with E-state index >= 15 is 0 Å².